The molecule has 0 spiro atoms. The van der Waals surface area contributed by atoms with Crippen molar-refractivity contribution >= 4 is 23.4 Å². The Hall–Kier alpha value is -1.000. The number of aliphatic hydroxyl groups excluding tert-OH is 1. The molecule has 0 saturated carbocycles. The minimum absolute atomic E-state index is 0.00842. The molecule has 0 aliphatic rings. The van der Waals surface area contributed by atoms with E-state index < -0.39 is 0 Å². The van der Waals surface area contributed by atoms with Crippen LogP contribution in [-0.2, 0) is 4.79 Å². The van der Waals surface area contributed by atoms with Crippen LogP contribution in [0.25, 0.3) is 0 Å². The number of aliphatic hydroxyl groups is 1. The third kappa shape index (κ3) is 5.24. The predicted molar refractivity (Wildman–Crippen MR) is 73.4 cm³/mol. The van der Waals surface area contributed by atoms with Crippen molar-refractivity contribution in [3.63, 3.8) is 0 Å². The van der Waals surface area contributed by atoms with Gasteiger partial charge in [-0.05, 0) is 25.0 Å². The summed E-state index contributed by atoms with van der Waals surface area (Å²) >= 11 is 1.56. The monoisotopic (exact) mass is 253 g/mol. The Bertz CT molecular complexity index is 368. The molecule has 0 aromatic heterocycles. The Balaban J connectivity index is 2.37. The van der Waals surface area contributed by atoms with Crippen LogP contribution in [0.4, 0.5) is 5.69 Å². The molecule has 1 unspecified atom stereocenters. The first kappa shape index (κ1) is 14.1. The molecular formula is C13H19NO2S. The van der Waals surface area contributed by atoms with Crippen molar-refractivity contribution < 1.29 is 9.90 Å². The van der Waals surface area contributed by atoms with Crippen LogP contribution < -0.4 is 5.32 Å². The van der Waals surface area contributed by atoms with Crippen molar-refractivity contribution in [2.24, 2.45) is 0 Å². The zero-order valence-corrected chi connectivity index (χ0v) is 11.1. The maximum Gasteiger partial charge on any atom is 0.234 e. The molecule has 1 aromatic rings. The van der Waals surface area contributed by atoms with E-state index in [-0.39, 0.29) is 12.5 Å². The van der Waals surface area contributed by atoms with Gasteiger partial charge in [0.25, 0.3) is 0 Å². The molecule has 0 aliphatic heterocycles. The summed E-state index contributed by atoms with van der Waals surface area (Å²) in [5.41, 5.74) is 1.93. The Morgan fingerprint density at radius 1 is 1.47 bits per heavy atom. The van der Waals surface area contributed by atoms with Crippen LogP contribution in [0.5, 0.6) is 0 Å². The number of thioether (sulfide) groups is 1. The highest BCUT2D eigenvalue weighted by Crippen LogP contribution is 2.16. The molecule has 1 atom stereocenters. The summed E-state index contributed by atoms with van der Waals surface area (Å²) in [6, 6.07) is 7.72. The Labute approximate surface area is 107 Å². The second-order valence-corrected chi connectivity index (χ2v) is 5.42. The lowest BCUT2D eigenvalue weighted by molar-refractivity contribution is -0.113. The van der Waals surface area contributed by atoms with Gasteiger partial charge in [-0.3, -0.25) is 4.79 Å². The van der Waals surface area contributed by atoms with Crippen molar-refractivity contribution in [2.75, 3.05) is 17.7 Å². The van der Waals surface area contributed by atoms with Crippen LogP contribution in [0.15, 0.2) is 24.3 Å². The van der Waals surface area contributed by atoms with E-state index in [0.29, 0.717) is 11.0 Å². The van der Waals surface area contributed by atoms with Crippen molar-refractivity contribution in [3.8, 4) is 0 Å². The Morgan fingerprint density at radius 2 is 2.18 bits per heavy atom. The standard InChI is InChI=1S/C13H19NO2S/c1-10-5-3-4-6-12(10)14-13(16)9-17-11(2)7-8-15/h3-6,11,15H,7-9H2,1-2H3,(H,14,16). The van der Waals surface area contributed by atoms with E-state index in [1.54, 1.807) is 11.8 Å². The quantitative estimate of drug-likeness (QED) is 0.818. The van der Waals surface area contributed by atoms with Gasteiger partial charge in [0.15, 0.2) is 0 Å². The number of aryl methyl sites for hydroxylation is 1. The molecule has 4 heteroatoms. The topological polar surface area (TPSA) is 49.3 Å². The normalized spacial score (nSPS) is 12.2. The maximum absolute atomic E-state index is 11.7. The summed E-state index contributed by atoms with van der Waals surface area (Å²) in [4.78, 5) is 11.7. The lowest BCUT2D eigenvalue weighted by Gasteiger charge is -2.10. The number of rotatable bonds is 6. The average Bonchev–Trinajstić information content (AvgIpc) is 2.30. The van der Waals surface area contributed by atoms with Crippen LogP contribution in [0.3, 0.4) is 0 Å². The molecule has 94 valence electrons. The summed E-state index contributed by atoms with van der Waals surface area (Å²) in [7, 11) is 0. The summed E-state index contributed by atoms with van der Waals surface area (Å²) < 4.78 is 0. The molecule has 0 fully saturated rings. The van der Waals surface area contributed by atoms with Gasteiger partial charge < -0.3 is 10.4 Å². The largest absolute Gasteiger partial charge is 0.396 e. The first-order valence-electron chi connectivity index (χ1n) is 5.71. The molecule has 3 nitrogen and oxygen atoms in total. The second kappa shape index (κ2) is 7.35. The van der Waals surface area contributed by atoms with Gasteiger partial charge in [0.1, 0.15) is 0 Å². The third-order valence-corrected chi connectivity index (χ3v) is 3.69. The van der Waals surface area contributed by atoms with Gasteiger partial charge >= 0.3 is 0 Å². The first-order valence-corrected chi connectivity index (χ1v) is 6.76. The highest BCUT2D eigenvalue weighted by atomic mass is 32.2. The fourth-order valence-corrected chi connectivity index (χ4v) is 2.16. The van der Waals surface area contributed by atoms with Gasteiger partial charge in [-0.1, -0.05) is 25.1 Å². The maximum atomic E-state index is 11.7. The number of para-hydroxylation sites is 1. The molecule has 0 saturated heterocycles. The molecule has 0 aliphatic carbocycles. The number of nitrogens with one attached hydrogen (secondary N) is 1. The fraction of sp³-hybridized carbons (Fsp3) is 0.462. The number of anilines is 1. The highest BCUT2D eigenvalue weighted by molar-refractivity contribution is 8.00. The minimum Gasteiger partial charge on any atom is -0.396 e. The number of carbonyl (C=O) groups is 1. The Kier molecular flexibility index (Phi) is 6.08. The molecule has 17 heavy (non-hydrogen) atoms. The van der Waals surface area contributed by atoms with E-state index >= 15 is 0 Å². The molecule has 1 aromatic carbocycles. The zero-order valence-electron chi connectivity index (χ0n) is 10.3. The van der Waals surface area contributed by atoms with Gasteiger partial charge in [-0.2, -0.15) is 0 Å². The lowest BCUT2D eigenvalue weighted by atomic mass is 10.2. The zero-order chi connectivity index (χ0) is 12.7. The van der Waals surface area contributed by atoms with Crippen LogP contribution in [-0.4, -0.2) is 28.6 Å². The van der Waals surface area contributed by atoms with Gasteiger partial charge in [-0.15, -0.1) is 11.8 Å². The van der Waals surface area contributed by atoms with Gasteiger partial charge in [-0.25, -0.2) is 0 Å². The molecule has 1 amide bonds. The minimum atomic E-state index is 0.00842. The van der Waals surface area contributed by atoms with Gasteiger partial charge in [0, 0.05) is 17.5 Å². The number of amides is 1. The van der Waals surface area contributed by atoms with E-state index in [9.17, 15) is 4.79 Å². The number of hydrogen-bond donors (Lipinski definition) is 2. The molecule has 2 N–H and O–H groups in total. The van der Waals surface area contributed by atoms with E-state index in [4.69, 9.17) is 5.11 Å². The smallest absolute Gasteiger partial charge is 0.234 e. The molecule has 0 radical (unpaired) electrons. The molecule has 0 bridgehead atoms. The predicted octanol–water partition coefficient (Wildman–Crippen LogP) is 2.44. The summed E-state index contributed by atoms with van der Waals surface area (Å²) in [6.45, 7) is 4.16. The number of benzene rings is 1. The van der Waals surface area contributed by atoms with E-state index in [1.807, 2.05) is 38.1 Å². The van der Waals surface area contributed by atoms with Crippen molar-refractivity contribution in [2.45, 2.75) is 25.5 Å². The van der Waals surface area contributed by atoms with Gasteiger partial charge in [0.2, 0.25) is 5.91 Å². The second-order valence-electron chi connectivity index (χ2n) is 4.00. The molecule has 0 heterocycles. The van der Waals surface area contributed by atoms with Crippen LogP contribution in [0.2, 0.25) is 0 Å². The van der Waals surface area contributed by atoms with Gasteiger partial charge in [0.05, 0.1) is 5.75 Å². The van der Waals surface area contributed by atoms with E-state index in [2.05, 4.69) is 5.32 Å². The SMILES string of the molecule is Cc1ccccc1NC(=O)CSC(C)CCO. The van der Waals surface area contributed by atoms with Crippen LogP contribution in [0.1, 0.15) is 18.9 Å². The van der Waals surface area contributed by atoms with Crippen molar-refractivity contribution in [1.29, 1.82) is 0 Å². The first-order chi connectivity index (χ1) is 8.13. The fourth-order valence-electron chi connectivity index (χ4n) is 1.38. The van der Waals surface area contributed by atoms with Crippen LogP contribution in [0, 0.1) is 6.92 Å². The summed E-state index contributed by atoms with van der Waals surface area (Å²) in [5.74, 6) is 0.435. The third-order valence-electron chi connectivity index (χ3n) is 2.45. The van der Waals surface area contributed by atoms with E-state index in [1.165, 1.54) is 0 Å². The number of hydrogen-bond acceptors (Lipinski definition) is 3. The Morgan fingerprint density at radius 3 is 2.82 bits per heavy atom. The van der Waals surface area contributed by atoms with Crippen LogP contribution >= 0.6 is 11.8 Å². The lowest BCUT2D eigenvalue weighted by Crippen LogP contribution is -2.16. The van der Waals surface area contributed by atoms with Crippen molar-refractivity contribution in [3.05, 3.63) is 29.8 Å². The van der Waals surface area contributed by atoms with E-state index in [0.717, 1.165) is 17.7 Å². The number of carbonyl (C=O) groups excluding carboxylic acids is 1. The highest BCUT2D eigenvalue weighted by Gasteiger charge is 2.07. The average molecular weight is 253 g/mol. The molecular weight excluding hydrogens is 234 g/mol. The summed E-state index contributed by atoms with van der Waals surface area (Å²) in [5, 5.41) is 12.0. The summed E-state index contributed by atoms with van der Waals surface area (Å²) in [6.07, 6.45) is 0.725. The van der Waals surface area contributed by atoms with Crippen molar-refractivity contribution in [1.82, 2.24) is 0 Å². The molecule has 1 rings (SSSR count).